The van der Waals surface area contributed by atoms with Crippen molar-refractivity contribution in [3.05, 3.63) is 69.3 Å². The van der Waals surface area contributed by atoms with Crippen LogP contribution in [0.2, 0.25) is 5.02 Å². The maximum atomic E-state index is 11.0. The summed E-state index contributed by atoms with van der Waals surface area (Å²) in [6.07, 6.45) is 1.67. The highest BCUT2D eigenvalue weighted by atomic mass is 79.9. The Labute approximate surface area is 165 Å². The molecule has 1 aromatic heterocycles. The van der Waals surface area contributed by atoms with E-state index in [0.29, 0.717) is 23.8 Å². The third kappa shape index (κ3) is 3.32. The lowest BCUT2D eigenvalue weighted by Crippen LogP contribution is -2.39. The van der Waals surface area contributed by atoms with Gasteiger partial charge in [-0.25, -0.2) is 0 Å². The Kier molecular flexibility index (Phi) is 5.14. The second kappa shape index (κ2) is 7.53. The summed E-state index contributed by atoms with van der Waals surface area (Å²) in [4.78, 5) is 6.66. The number of morpholine rings is 1. The van der Waals surface area contributed by atoms with Crippen LogP contribution in [0.15, 0.2) is 53.1 Å². The molecule has 3 aromatic rings. The van der Waals surface area contributed by atoms with E-state index in [-0.39, 0.29) is 11.8 Å². The maximum Gasteiger partial charge on any atom is 0.147 e. The van der Waals surface area contributed by atoms with E-state index in [2.05, 4.69) is 37.9 Å². The molecule has 1 aliphatic rings. The van der Waals surface area contributed by atoms with Crippen molar-refractivity contribution in [2.75, 3.05) is 26.3 Å². The Hall–Kier alpha value is -1.66. The van der Waals surface area contributed by atoms with Gasteiger partial charge in [0, 0.05) is 34.7 Å². The highest BCUT2D eigenvalue weighted by Crippen LogP contribution is 2.41. The number of hydrogen-bond acceptors (Lipinski definition) is 4. The van der Waals surface area contributed by atoms with E-state index in [1.807, 2.05) is 30.3 Å². The molecular weight excluding hydrogens is 416 g/mol. The average Bonchev–Trinajstić information content (AvgIpc) is 2.68. The number of fused-ring (bicyclic) bond motifs is 1. The summed E-state index contributed by atoms with van der Waals surface area (Å²) in [6.45, 7) is 2.93. The zero-order chi connectivity index (χ0) is 18.1. The molecule has 134 valence electrons. The molecule has 1 atom stereocenters. The molecule has 1 fully saturated rings. The molecule has 0 bridgehead atoms. The molecule has 4 rings (SSSR count). The first-order valence-corrected chi connectivity index (χ1v) is 9.65. The molecule has 6 heteroatoms. The molecular formula is C20H18BrClN2O2. The topological polar surface area (TPSA) is 45.6 Å². The molecule has 4 nitrogen and oxygen atoms in total. The number of benzene rings is 2. The molecule has 0 saturated carbocycles. The summed E-state index contributed by atoms with van der Waals surface area (Å²) < 4.78 is 6.53. The quantitative estimate of drug-likeness (QED) is 0.646. The van der Waals surface area contributed by atoms with Crippen molar-refractivity contribution in [1.82, 2.24) is 9.88 Å². The fourth-order valence-electron chi connectivity index (χ4n) is 3.48. The zero-order valence-corrected chi connectivity index (χ0v) is 16.4. The van der Waals surface area contributed by atoms with Crippen LogP contribution < -0.4 is 0 Å². The van der Waals surface area contributed by atoms with E-state index in [0.717, 1.165) is 34.1 Å². The smallest absolute Gasteiger partial charge is 0.147 e. The minimum absolute atomic E-state index is 0.115. The van der Waals surface area contributed by atoms with Gasteiger partial charge in [-0.3, -0.25) is 9.88 Å². The van der Waals surface area contributed by atoms with Crippen molar-refractivity contribution in [2.45, 2.75) is 6.04 Å². The number of halogens is 2. The Morgan fingerprint density at radius 3 is 2.62 bits per heavy atom. The van der Waals surface area contributed by atoms with Gasteiger partial charge in [0.2, 0.25) is 0 Å². The first kappa shape index (κ1) is 17.7. The molecule has 1 unspecified atom stereocenters. The minimum atomic E-state index is -0.115. The Morgan fingerprint density at radius 1 is 1.15 bits per heavy atom. The van der Waals surface area contributed by atoms with Crippen LogP contribution in [0.1, 0.15) is 17.2 Å². The van der Waals surface area contributed by atoms with Crippen LogP contribution in [0, 0.1) is 0 Å². The van der Waals surface area contributed by atoms with Crippen molar-refractivity contribution >= 4 is 38.4 Å². The molecule has 26 heavy (non-hydrogen) atoms. The Morgan fingerprint density at radius 2 is 1.88 bits per heavy atom. The largest absolute Gasteiger partial charge is 0.505 e. The molecule has 0 aliphatic carbocycles. The lowest BCUT2D eigenvalue weighted by molar-refractivity contribution is 0.0236. The summed E-state index contributed by atoms with van der Waals surface area (Å²) in [5.74, 6) is 0.185. The molecule has 1 saturated heterocycles. The van der Waals surface area contributed by atoms with E-state index in [1.165, 1.54) is 0 Å². The van der Waals surface area contributed by atoms with Gasteiger partial charge in [0.1, 0.15) is 11.3 Å². The number of ether oxygens (including phenoxy) is 1. The van der Waals surface area contributed by atoms with Gasteiger partial charge in [-0.15, -0.1) is 0 Å². The lowest BCUT2D eigenvalue weighted by Gasteiger charge is -2.35. The highest BCUT2D eigenvalue weighted by Gasteiger charge is 2.28. The van der Waals surface area contributed by atoms with Gasteiger partial charge in [0.05, 0.1) is 24.3 Å². The fourth-order valence-corrected chi connectivity index (χ4v) is 4.02. The number of pyridine rings is 1. The highest BCUT2D eigenvalue weighted by molar-refractivity contribution is 9.10. The van der Waals surface area contributed by atoms with Gasteiger partial charge in [-0.05, 0) is 35.9 Å². The molecule has 1 N–H and O–H groups in total. The third-order valence-corrected chi connectivity index (χ3v) is 5.58. The number of phenolic OH excluding ortho intramolecular Hbond substituents is 1. The van der Waals surface area contributed by atoms with Crippen molar-refractivity contribution in [1.29, 1.82) is 0 Å². The monoisotopic (exact) mass is 432 g/mol. The molecule has 0 amide bonds. The number of aromatic nitrogens is 1. The molecule has 2 heterocycles. The molecule has 0 spiro atoms. The minimum Gasteiger partial charge on any atom is -0.505 e. The average molecular weight is 434 g/mol. The number of nitrogens with zero attached hydrogens (tertiary/aromatic N) is 2. The van der Waals surface area contributed by atoms with Gasteiger partial charge in [-0.1, -0.05) is 39.7 Å². The van der Waals surface area contributed by atoms with Crippen LogP contribution in [0.25, 0.3) is 10.9 Å². The Bertz CT molecular complexity index is 927. The molecule has 2 aromatic carbocycles. The van der Waals surface area contributed by atoms with Gasteiger partial charge in [0.25, 0.3) is 0 Å². The summed E-state index contributed by atoms with van der Waals surface area (Å²) in [6, 6.07) is 13.6. The first-order chi connectivity index (χ1) is 12.6. The van der Waals surface area contributed by atoms with E-state index >= 15 is 0 Å². The second-order valence-electron chi connectivity index (χ2n) is 6.30. The van der Waals surface area contributed by atoms with E-state index in [1.54, 1.807) is 6.20 Å². The van der Waals surface area contributed by atoms with Crippen molar-refractivity contribution < 1.29 is 9.84 Å². The van der Waals surface area contributed by atoms with Crippen molar-refractivity contribution in [3.63, 3.8) is 0 Å². The third-order valence-electron chi connectivity index (χ3n) is 4.74. The zero-order valence-electron chi connectivity index (χ0n) is 14.0. The summed E-state index contributed by atoms with van der Waals surface area (Å²) in [5.41, 5.74) is 2.40. The van der Waals surface area contributed by atoms with Crippen LogP contribution in [0.5, 0.6) is 5.75 Å². The van der Waals surface area contributed by atoms with Crippen LogP contribution in [0.4, 0.5) is 0 Å². The number of rotatable bonds is 3. The normalized spacial score (nSPS) is 16.7. The fraction of sp³-hybridized carbons (Fsp3) is 0.250. The molecule has 0 radical (unpaired) electrons. The van der Waals surface area contributed by atoms with Gasteiger partial charge < -0.3 is 9.84 Å². The van der Waals surface area contributed by atoms with E-state index in [9.17, 15) is 5.11 Å². The van der Waals surface area contributed by atoms with E-state index in [4.69, 9.17) is 16.3 Å². The van der Waals surface area contributed by atoms with Crippen molar-refractivity contribution in [3.8, 4) is 5.75 Å². The summed E-state index contributed by atoms with van der Waals surface area (Å²) in [7, 11) is 0. The van der Waals surface area contributed by atoms with Crippen LogP contribution in [0.3, 0.4) is 0 Å². The molecule has 1 aliphatic heterocycles. The predicted molar refractivity (Wildman–Crippen MR) is 107 cm³/mol. The van der Waals surface area contributed by atoms with E-state index < -0.39 is 0 Å². The van der Waals surface area contributed by atoms with Crippen LogP contribution >= 0.6 is 27.5 Å². The number of aromatic hydroxyl groups is 1. The second-order valence-corrected chi connectivity index (χ2v) is 7.62. The standard InChI is InChI=1S/C20H18BrClN2O2/c21-14-5-3-13(4-6-14)19(24-8-10-26-11-9-24)16-12-17(22)15-2-1-7-23-18(15)20(16)25/h1-7,12,19,25H,8-11H2. The summed E-state index contributed by atoms with van der Waals surface area (Å²) in [5, 5.41) is 12.4. The van der Waals surface area contributed by atoms with Crippen LogP contribution in [-0.2, 0) is 4.74 Å². The van der Waals surface area contributed by atoms with Gasteiger partial charge in [0.15, 0.2) is 0 Å². The SMILES string of the molecule is Oc1c(C(c2ccc(Br)cc2)N2CCOCC2)cc(Cl)c2cccnc12. The van der Waals surface area contributed by atoms with Gasteiger partial charge in [-0.2, -0.15) is 0 Å². The maximum absolute atomic E-state index is 11.0. The van der Waals surface area contributed by atoms with Crippen molar-refractivity contribution in [2.24, 2.45) is 0 Å². The van der Waals surface area contributed by atoms with Gasteiger partial charge >= 0.3 is 0 Å². The first-order valence-electron chi connectivity index (χ1n) is 8.48. The predicted octanol–water partition coefficient (Wildman–Crippen LogP) is 4.78. The number of hydrogen-bond donors (Lipinski definition) is 1. The number of phenols is 1. The Balaban J connectivity index is 1.89. The summed E-state index contributed by atoms with van der Waals surface area (Å²) >= 11 is 10.0. The lowest BCUT2D eigenvalue weighted by atomic mass is 9.94. The van der Waals surface area contributed by atoms with Crippen LogP contribution in [-0.4, -0.2) is 41.3 Å².